The number of unbranched alkanes of at least 4 members (excludes halogenated alkanes) is 16. The number of terminal acetylenes is 2. The molecule has 0 fully saturated rings. The molecule has 2 heteroatoms. The highest BCUT2D eigenvalue weighted by Gasteiger charge is 2.02. The van der Waals surface area contributed by atoms with Crippen molar-refractivity contribution in [2.24, 2.45) is 5.92 Å². The average molecular weight is 471 g/mol. The second-order valence-corrected chi connectivity index (χ2v) is 10.00. The number of allylic oxidation sites excluding steroid dienone is 2. The van der Waals surface area contributed by atoms with E-state index in [0.29, 0.717) is 0 Å². The Bertz CT molecular complexity index is 563. The summed E-state index contributed by atoms with van der Waals surface area (Å²) >= 11 is 0. The molecule has 0 aromatic heterocycles. The number of rotatable bonds is 24. The van der Waals surface area contributed by atoms with E-state index in [1.165, 1.54) is 116 Å². The summed E-state index contributed by atoms with van der Waals surface area (Å²) in [5.74, 6) is 5.48. The van der Waals surface area contributed by atoms with Crippen LogP contribution in [0.3, 0.4) is 0 Å². The van der Waals surface area contributed by atoms with Gasteiger partial charge in [-0.1, -0.05) is 134 Å². The molecule has 0 amide bonds. The van der Waals surface area contributed by atoms with E-state index in [4.69, 9.17) is 12.8 Å². The molecule has 34 heavy (non-hydrogen) atoms. The van der Waals surface area contributed by atoms with E-state index < -0.39 is 12.2 Å². The fourth-order valence-electron chi connectivity index (χ4n) is 4.34. The molecular formula is C32H54O2. The van der Waals surface area contributed by atoms with Gasteiger partial charge >= 0.3 is 0 Å². The molecule has 0 aliphatic heterocycles. The van der Waals surface area contributed by atoms with Crippen LogP contribution in [0.15, 0.2) is 24.3 Å². The van der Waals surface area contributed by atoms with Crippen LogP contribution in [-0.4, -0.2) is 22.4 Å². The Morgan fingerprint density at radius 1 is 0.529 bits per heavy atom. The van der Waals surface area contributed by atoms with Gasteiger partial charge in [-0.3, -0.25) is 0 Å². The van der Waals surface area contributed by atoms with Crippen LogP contribution >= 0.6 is 0 Å². The molecule has 0 aliphatic rings. The molecule has 0 heterocycles. The summed E-state index contributed by atoms with van der Waals surface area (Å²) in [6.07, 6.45) is 42.6. The molecular weight excluding hydrogens is 416 g/mol. The first kappa shape index (κ1) is 32.5. The first-order valence-corrected chi connectivity index (χ1v) is 14.2. The fraction of sp³-hybridized carbons (Fsp3) is 0.750. The topological polar surface area (TPSA) is 40.5 Å². The van der Waals surface area contributed by atoms with Gasteiger partial charge in [0.2, 0.25) is 0 Å². The summed E-state index contributed by atoms with van der Waals surface area (Å²) in [7, 11) is 0. The quantitative estimate of drug-likeness (QED) is 0.0843. The maximum Gasteiger partial charge on any atom is 0.133 e. The largest absolute Gasteiger partial charge is 0.377 e. The lowest BCUT2D eigenvalue weighted by Gasteiger charge is -2.11. The lowest BCUT2D eigenvalue weighted by molar-refractivity contribution is 0.280. The Hall–Kier alpha value is -1.48. The van der Waals surface area contributed by atoms with Crippen LogP contribution in [0, 0.1) is 30.6 Å². The molecule has 3 atom stereocenters. The van der Waals surface area contributed by atoms with Crippen molar-refractivity contribution in [2.45, 2.75) is 148 Å². The van der Waals surface area contributed by atoms with Crippen LogP contribution in [0.4, 0.5) is 0 Å². The zero-order valence-electron chi connectivity index (χ0n) is 22.2. The maximum atomic E-state index is 9.24. The van der Waals surface area contributed by atoms with E-state index in [9.17, 15) is 10.2 Å². The molecule has 2 nitrogen and oxygen atoms in total. The van der Waals surface area contributed by atoms with E-state index in [-0.39, 0.29) is 0 Å². The molecule has 0 saturated heterocycles. The van der Waals surface area contributed by atoms with Crippen LogP contribution in [0.25, 0.3) is 0 Å². The monoisotopic (exact) mass is 470 g/mol. The molecule has 0 bridgehead atoms. The van der Waals surface area contributed by atoms with Gasteiger partial charge in [0.1, 0.15) is 12.2 Å². The summed E-state index contributed by atoms with van der Waals surface area (Å²) in [5, 5.41) is 18.5. The van der Waals surface area contributed by atoms with Gasteiger partial charge in [-0.05, 0) is 43.8 Å². The van der Waals surface area contributed by atoms with Crippen molar-refractivity contribution >= 4 is 0 Å². The summed E-state index contributed by atoms with van der Waals surface area (Å²) in [5.41, 5.74) is 0. The molecule has 194 valence electrons. The van der Waals surface area contributed by atoms with Gasteiger partial charge < -0.3 is 10.2 Å². The first-order chi connectivity index (χ1) is 16.6. The second-order valence-electron chi connectivity index (χ2n) is 10.00. The lowest BCUT2D eigenvalue weighted by Crippen LogP contribution is -1.95. The Morgan fingerprint density at radius 2 is 0.824 bits per heavy atom. The summed E-state index contributed by atoms with van der Waals surface area (Å²) < 4.78 is 0. The number of hydrogen-bond donors (Lipinski definition) is 2. The van der Waals surface area contributed by atoms with Crippen molar-refractivity contribution in [3.63, 3.8) is 0 Å². The van der Waals surface area contributed by atoms with Gasteiger partial charge in [0, 0.05) is 0 Å². The third-order valence-electron chi connectivity index (χ3n) is 6.61. The molecule has 0 spiro atoms. The minimum absolute atomic E-state index is 0.717. The van der Waals surface area contributed by atoms with E-state index in [0.717, 1.165) is 18.8 Å². The highest BCUT2D eigenvalue weighted by Crippen LogP contribution is 2.19. The number of aliphatic hydroxyl groups is 2. The highest BCUT2D eigenvalue weighted by molar-refractivity contribution is 5.06. The summed E-state index contributed by atoms with van der Waals surface area (Å²) in [6.45, 7) is 2.43. The normalized spacial score (nSPS) is 14.3. The van der Waals surface area contributed by atoms with Gasteiger partial charge in [0.25, 0.3) is 0 Å². The number of hydrogen-bond acceptors (Lipinski definition) is 2. The van der Waals surface area contributed by atoms with E-state index in [2.05, 4.69) is 18.8 Å². The van der Waals surface area contributed by atoms with Gasteiger partial charge in [-0.2, -0.15) is 0 Å². The molecule has 2 N–H and O–H groups in total. The SMILES string of the molecule is C#CC(O)C=CCCCCCCCCCCCCC(C)CCCCCCCCC=CC(O)C#C. The van der Waals surface area contributed by atoms with Crippen LogP contribution in [-0.2, 0) is 0 Å². The molecule has 0 aromatic carbocycles. The van der Waals surface area contributed by atoms with Gasteiger partial charge in [0.05, 0.1) is 0 Å². The zero-order chi connectivity index (χ0) is 25.1. The third-order valence-corrected chi connectivity index (χ3v) is 6.61. The van der Waals surface area contributed by atoms with Gasteiger partial charge in [0.15, 0.2) is 0 Å². The van der Waals surface area contributed by atoms with E-state index >= 15 is 0 Å². The van der Waals surface area contributed by atoms with E-state index in [1.54, 1.807) is 12.2 Å². The molecule has 0 aromatic rings. The van der Waals surface area contributed by atoms with Crippen LogP contribution < -0.4 is 0 Å². The minimum Gasteiger partial charge on any atom is -0.377 e. The van der Waals surface area contributed by atoms with E-state index in [1.807, 2.05) is 12.2 Å². The van der Waals surface area contributed by atoms with Crippen molar-refractivity contribution in [3.05, 3.63) is 24.3 Å². The van der Waals surface area contributed by atoms with Crippen molar-refractivity contribution in [1.82, 2.24) is 0 Å². The molecule has 0 rings (SSSR count). The second kappa shape index (κ2) is 26.1. The van der Waals surface area contributed by atoms with Crippen molar-refractivity contribution in [3.8, 4) is 24.7 Å². The van der Waals surface area contributed by atoms with Gasteiger partial charge in [-0.25, -0.2) is 0 Å². The average Bonchev–Trinajstić information content (AvgIpc) is 2.84. The number of aliphatic hydroxyl groups excluding tert-OH is 2. The highest BCUT2D eigenvalue weighted by atomic mass is 16.3. The predicted molar refractivity (Wildman–Crippen MR) is 149 cm³/mol. The third kappa shape index (κ3) is 25.1. The molecule has 0 saturated carbocycles. The zero-order valence-corrected chi connectivity index (χ0v) is 22.2. The Kier molecular flexibility index (Phi) is 25.0. The van der Waals surface area contributed by atoms with Crippen LogP contribution in [0.1, 0.15) is 135 Å². The van der Waals surface area contributed by atoms with Crippen molar-refractivity contribution < 1.29 is 10.2 Å². The summed E-state index contributed by atoms with van der Waals surface area (Å²) in [6, 6.07) is 0. The van der Waals surface area contributed by atoms with Gasteiger partial charge in [-0.15, -0.1) is 12.8 Å². The Labute approximate surface area is 212 Å². The van der Waals surface area contributed by atoms with Crippen LogP contribution in [0.5, 0.6) is 0 Å². The molecule has 3 unspecified atom stereocenters. The standard InChI is InChI=1S/C32H54O2/c1-4-31(33)28-24-20-16-11-9-7-6-8-10-14-18-22-26-30(3)27-23-19-15-12-13-17-21-25-29-32(34)5-2/h1-2,24-25,28-34H,6-23,26-27H2,3H3. The summed E-state index contributed by atoms with van der Waals surface area (Å²) in [4.78, 5) is 0. The smallest absolute Gasteiger partial charge is 0.133 e. The first-order valence-electron chi connectivity index (χ1n) is 14.2. The maximum absolute atomic E-state index is 9.24. The molecule has 0 aliphatic carbocycles. The van der Waals surface area contributed by atoms with Crippen molar-refractivity contribution in [2.75, 3.05) is 0 Å². The fourth-order valence-corrected chi connectivity index (χ4v) is 4.34. The Morgan fingerprint density at radius 3 is 1.15 bits per heavy atom. The lowest BCUT2D eigenvalue weighted by atomic mass is 9.95. The predicted octanol–water partition coefficient (Wildman–Crippen LogP) is 8.53. The van der Waals surface area contributed by atoms with Crippen molar-refractivity contribution in [1.29, 1.82) is 0 Å². The van der Waals surface area contributed by atoms with Crippen LogP contribution in [0.2, 0.25) is 0 Å². The minimum atomic E-state index is -0.718. The molecule has 0 radical (unpaired) electrons. The Balaban J connectivity index is 3.26.